The maximum absolute atomic E-state index is 10.8. The molecule has 1 atom stereocenters. The average Bonchev–Trinajstić information content (AvgIpc) is 2.06. The molecule has 80 valence electrons. The van der Waals surface area contributed by atoms with Gasteiger partial charge in [-0.15, -0.1) is 0 Å². The van der Waals surface area contributed by atoms with Gasteiger partial charge >= 0.3 is 7.60 Å². The first-order valence-corrected chi connectivity index (χ1v) is 6.08. The summed E-state index contributed by atoms with van der Waals surface area (Å²) in [5.74, 6) is 0. The van der Waals surface area contributed by atoms with Crippen LogP contribution in [-0.2, 0) is 9.09 Å². The van der Waals surface area contributed by atoms with Crippen LogP contribution in [0.1, 0.15) is 13.3 Å². The first kappa shape index (κ1) is 13.1. The molecule has 0 rings (SSSR count). The van der Waals surface area contributed by atoms with Gasteiger partial charge in [-0.1, -0.05) is 6.92 Å². The number of rotatable bonds is 6. The SMILES string of the molecule is CCC(CO)(CO)COP(C)(=O)O. The molecule has 6 heteroatoms. The van der Waals surface area contributed by atoms with Crippen molar-refractivity contribution in [2.45, 2.75) is 13.3 Å². The normalized spacial score (nSPS) is 17.0. The molecule has 0 aliphatic heterocycles. The Morgan fingerprint density at radius 3 is 2.08 bits per heavy atom. The Balaban J connectivity index is 4.19. The van der Waals surface area contributed by atoms with E-state index in [1.54, 1.807) is 6.92 Å². The van der Waals surface area contributed by atoms with Gasteiger partial charge in [-0.2, -0.15) is 0 Å². The van der Waals surface area contributed by atoms with Gasteiger partial charge in [-0.25, -0.2) is 0 Å². The molecule has 0 aromatic carbocycles. The minimum atomic E-state index is -3.52. The summed E-state index contributed by atoms with van der Waals surface area (Å²) >= 11 is 0. The van der Waals surface area contributed by atoms with Gasteiger partial charge < -0.3 is 19.6 Å². The van der Waals surface area contributed by atoms with E-state index < -0.39 is 13.0 Å². The van der Waals surface area contributed by atoms with Gasteiger partial charge in [0.25, 0.3) is 0 Å². The van der Waals surface area contributed by atoms with Crippen molar-refractivity contribution in [2.24, 2.45) is 5.41 Å². The van der Waals surface area contributed by atoms with Crippen molar-refractivity contribution in [1.29, 1.82) is 0 Å². The smallest absolute Gasteiger partial charge is 0.325 e. The minimum absolute atomic E-state index is 0.110. The highest BCUT2D eigenvalue weighted by molar-refractivity contribution is 7.51. The van der Waals surface area contributed by atoms with Crippen LogP contribution in [0, 0.1) is 5.41 Å². The standard InChI is InChI=1S/C7H17O5P/c1-3-7(4-8,5-9)6-12-13(2,10)11/h8-9H,3-6H2,1-2H3,(H,10,11). The Morgan fingerprint density at radius 1 is 1.38 bits per heavy atom. The minimum Gasteiger partial charge on any atom is -0.396 e. The second-order valence-electron chi connectivity index (χ2n) is 3.25. The molecule has 0 aromatic heterocycles. The largest absolute Gasteiger partial charge is 0.396 e. The topological polar surface area (TPSA) is 87.0 Å². The second kappa shape index (κ2) is 5.08. The van der Waals surface area contributed by atoms with Gasteiger partial charge in [0.15, 0.2) is 0 Å². The lowest BCUT2D eigenvalue weighted by atomic mass is 9.88. The highest BCUT2D eigenvalue weighted by Gasteiger charge is 2.29. The van der Waals surface area contributed by atoms with Gasteiger partial charge in [0.2, 0.25) is 0 Å². The monoisotopic (exact) mass is 212 g/mol. The number of aliphatic hydroxyl groups excluding tert-OH is 2. The highest BCUT2D eigenvalue weighted by Crippen LogP contribution is 2.39. The summed E-state index contributed by atoms with van der Waals surface area (Å²) < 4.78 is 15.4. The molecule has 0 aliphatic rings. The van der Waals surface area contributed by atoms with Crippen LogP contribution in [0.4, 0.5) is 0 Å². The molecule has 1 unspecified atom stereocenters. The van der Waals surface area contributed by atoms with Gasteiger partial charge in [0.1, 0.15) is 0 Å². The Morgan fingerprint density at radius 2 is 1.85 bits per heavy atom. The number of hydrogen-bond donors (Lipinski definition) is 3. The molecule has 0 spiro atoms. The molecular weight excluding hydrogens is 195 g/mol. The third-order valence-electron chi connectivity index (χ3n) is 2.03. The van der Waals surface area contributed by atoms with Crippen LogP contribution in [0.25, 0.3) is 0 Å². The van der Waals surface area contributed by atoms with E-state index in [-0.39, 0.29) is 19.8 Å². The van der Waals surface area contributed by atoms with Crippen molar-refractivity contribution in [1.82, 2.24) is 0 Å². The fourth-order valence-corrected chi connectivity index (χ4v) is 1.24. The molecule has 0 saturated heterocycles. The van der Waals surface area contributed by atoms with E-state index in [9.17, 15) is 4.57 Å². The fraction of sp³-hybridized carbons (Fsp3) is 1.00. The van der Waals surface area contributed by atoms with E-state index >= 15 is 0 Å². The van der Waals surface area contributed by atoms with Crippen LogP contribution in [-0.4, -0.2) is 41.6 Å². The Kier molecular flexibility index (Phi) is 5.10. The fourth-order valence-electron chi connectivity index (χ4n) is 0.724. The molecule has 0 saturated carbocycles. The predicted molar refractivity (Wildman–Crippen MR) is 48.6 cm³/mol. The summed E-state index contributed by atoms with van der Waals surface area (Å²) in [5, 5.41) is 17.9. The summed E-state index contributed by atoms with van der Waals surface area (Å²) in [7, 11) is -3.52. The maximum Gasteiger partial charge on any atom is 0.325 e. The predicted octanol–water partition coefficient (Wildman–Crippen LogP) is 0.199. The second-order valence-corrected chi connectivity index (χ2v) is 5.11. The molecule has 0 heterocycles. The average molecular weight is 212 g/mol. The number of hydrogen-bond acceptors (Lipinski definition) is 4. The summed E-state index contributed by atoms with van der Waals surface area (Å²) in [6.45, 7) is 2.21. The molecular formula is C7H17O5P. The van der Waals surface area contributed by atoms with Crippen LogP contribution in [0.3, 0.4) is 0 Å². The van der Waals surface area contributed by atoms with E-state index in [0.717, 1.165) is 6.66 Å². The Labute approximate surface area is 77.9 Å². The first-order valence-electron chi connectivity index (χ1n) is 4.05. The van der Waals surface area contributed by atoms with Crippen molar-refractivity contribution in [3.05, 3.63) is 0 Å². The third-order valence-corrected chi connectivity index (χ3v) is 2.64. The maximum atomic E-state index is 10.8. The van der Waals surface area contributed by atoms with Gasteiger partial charge in [0.05, 0.1) is 19.8 Å². The lowest BCUT2D eigenvalue weighted by Gasteiger charge is -2.28. The van der Waals surface area contributed by atoms with Gasteiger partial charge in [-0.05, 0) is 6.42 Å². The van der Waals surface area contributed by atoms with E-state index in [1.165, 1.54) is 0 Å². The molecule has 0 bridgehead atoms. The number of aliphatic hydroxyl groups is 2. The third kappa shape index (κ3) is 4.74. The van der Waals surface area contributed by atoms with E-state index in [0.29, 0.717) is 6.42 Å². The molecule has 13 heavy (non-hydrogen) atoms. The van der Waals surface area contributed by atoms with E-state index in [2.05, 4.69) is 4.52 Å². The zero-order valence-corrected chi connectivity index (χ0v) is 8.83. The lowest BCUT2D eigenvalue weighted by molar-refractivity contribution is 0.00896. The van der Waals surface area contributed by atoms with E-state index in [4.69, 9.17) is 15.1 Å². The summed E-state index contributed by atoms with van der Waals surface area (Å²) in [6.07, 6.45) is 0.486. The summed E-state index contributed by atoms with van der Waals surface area (Å²) in [4.78, 5) is 8.84. The Bertz CT molecular complexity index is 175. The molecule has 0 radical (unpaired) electrons. The zero-order chi connectivity index (χ0) is 10.5. The van der Waals surface area contributed by atoms with Crippen LogP contribution in [0.5, 0.6) is 0 Å². The molecule has 0 fully saturated rings. The van der Waals surface area contributed by atoms with Crippen molar-refractivity contribution in [3.63, 3.8) is 0 Å². The first-order chi connectivity index (χ1) is 5.89. The molecule has 0 amide bonds. The molecule has 5 nitrogen and oxygen atoms in total. The van der Waals surface area contributed by atoms with Crippen molar-refractivity contribution >= 4 is 7.60 Å². The lowest BCUT2D eigenvalue weighted by Crippen LogP contribution is -2.33. The van der Waals surface area contributed by atoms with Crippen LogP contribution < -0.4 is 0 Å². The van der Waals surface area contributed by atoms with Crippen LogP contribution in [0.15, 0.2) is 0 Å². The Hall–Kier alpha value is 0.0700. The zero-order valence-electron chi connectivity index (χ0n) is 7.93. The summed E-state index contributed by atoms with van der Waals surface area (Å²) in [6, 6.07) is 0. The van der Waals surface area contributed by atoms with Crippen LogP contribution >= 0.6 is 7.60 Å². The van der Waals surface area contributed by atoms with Gasteiger partial charge in [-0.3, -0.25) is 4.57 Å². The highest BCUT2D eigenvalue weighted by atomic mass is 31.2. The molecule has 0 aromatic rings. The summed E-state index contributed by atoms with van der Waals surface area (Å²) in [5.41, 5.74) is -0.811. The van der Waals surface area contributed by atoms with Crippen molar-refractivity contribution < 1.29 is 24.2 Å². The van der Waals surface area contributed by atoms with E-state index in [1.807, 2.05) is 0 Å². The van der Waals surface area contributed by atoms with Crippen LogP contribution in [0.2, 0.25) is 0 Å². The van der Waals surface area contributed by atoms with Crippen molar-refractivity contribution in [2.75, 3.05) is 26.5 Å². The molecule has 3 N–H and O–H groups in total. The quantitative estimate of drug-likeness (QED) is 0.547. The van der Waals surface area contributed by atoms with Crippen molar-refractivity contribution in [3.8, 4) is 0 Å². The van der Waals surface area contributed by atoms with Gasteiger partial charge in [0, 0.05) is 12.1 Å². The molecule has 0 aliphatic carbocycles.